The first-order valence-corrected chi connectivity index (χ1v) is 6.36. The highest BCUT2D eigenvalue weighted by Gasteiger charge is 2.46. The van der Waals surface area contributed by atoms with Crippen LogP contribution in [0.1, 0.15) is 39.5 Å². The molecule has 3 N–H and O–H groups in total. The summed E-state index contributed by atoms with van der Waals surface area (Å²) in [5, 5.41) is 2.14. The van der Waals surface area contributed by atoms with E-state index in [9.17, 15) is 18.0 Å². The van der Waals surface area contributed by atoms with Gasteiger partial charge in [0.1, 0.15) is 6.04 Å². The second-order valence-corrected chi connectivity index (χ2v) is 5.22. The Morgan fingerprint density at radius 1 is 1.26 bits per heavy atom. The van der Waals surface area contributed by atoms with Crippen molar-refractivity contribution in [3.05, 3.63) is 0 Å². The number of alkyl halides is 3. The Morgan fingerprint density at radius 3 is 2.11 bits per heavy atom. The van der Waals surface area contributed by atoms with E-state index >= 15 is 0 Å². The zero-order valence-corrected chi connectivity index (χ0v) is 12.0. The van der Waals surface area contributed by atoms with Crippen LogP contribution in [0.4, 0.5) is 13.2 Å². The molecule has 3 nitrogen and oxygen atoms in total. The molecule has 0 spiro atoms. The van der Waals surface area contributed by atoms with Crippen molar-refractivity contribution < 1.29 is 18.0 Å². The first-order valence-electron chi connectivity index (χ1n) is 6.36. The fraction of sp³-hybridized carbons (Fsp3) is 0.917. The number of hydrogen-bond donors (Lipinski definition) is 2. The maximum atomic E-state index is 13.0. The number of rotatable bonds is 4. The van der Waals surface area contributed by atoms with Crippen molar-refractivity contribution >= 4 is 18.3 Å². The molecule has 0 bridgehead atoms. The topological polar surface area (TPSA) is 55.1 Å². The molecule has 0 heterocycles. The van der Waals surface area contributed by atoms with Crippen molar-refractivity contribution in [2.75, 3.05) is 0 Å². The van der Waals surface area contributed by atoms with Gasteiger partial charge >= 0.3 is 6.18 Å². The first-order chi connectivity index (χ1) is 8.23. The van der Waals surface area contributed by atoms with E-state index in [1.807, 2.05) is 0 Å². The molecule has 0 aliphatic heterocycles. The molecule has 0 saturated heterocycles. The summed E-state index contributed by atoms with van der Waals surface area (Å²) in [4.78, 5) is 11.7. The van der Waals surface area contributed by atoms with Crippen molar-refractivity contribution in [3.63, 3.8) is 0 Å². The summed E-state index contributed by atoms with van der Waals surface area (Å²) >= 11 is 0. The summed E-state index contributed by atoms with van der Waals surface area (Å²) in [6, 6.07) is -2.18. The van der Waals surface area contributed by atoms with E-state index in [1.165, 1.54) is 0 Å². The van der Waals surface area contributed by atoms with Gasteiger partial charge in [-0.1, -0.05) is 19.8 Å². The van der Waals surface area contributed by atoms with Gasteiger partial charge in [0.2, 0.25) is 5.91 Å². The highest BCUT2D eigenvalue weighted by atomic mass is 35.5. The van der Waals surface area contributed by atoms with E-state index in [0.29, 0.717) is 12.8 Å². The Labute approximate surface area is 117 Å². The zero-order chi connectivity index (χ0) is 13.9. The average molecular weight is 303 g/mol. The third-order valence-corrected chi connectivity index (χ3v) is 3.72. The number of nitrogens with two attached hydrogens (primary N) is 1. The molecule has 3 atom stereocenters. The summed E-state index contributed by atoms with van der Waals surface area (Å²) in [6.45, 7) is 3.16. The molecule has 0 aromatic carbocycles. The number of amides is 1. The molecule has 3 unspecified atom stereocenters. The summed E-state index contributed by atoms with van der Waals surface area (Å²) < 4.78 is 38.9. The third-order valence-electron chi connectivity index (χ3n) is 3.72. The lowest BCUT2D eigenvalue weighted by Gasteiger charge is -2.28. The zero-order valence-electron chi connectivity index (χ0n) is 11.2. The Kier molecular flexibility index (Phi) is 7.15. The van der Waals surface area contributed by atoms with Gasteiger partial charge in [0.25, 0.3) is 0 Å². The Balaban J connectivity index is 0.00000324. The predicted octanol–water partition coefficient (Wildman–Crippen LogP) is 2.63. The van der Waals surface area contributed by atoms with E-state index in [4.69, 9.17) is 5.73 Å². The van der Waals surface area contributed by atoms with Crippen LogP contribution in [0.3, 0.4) is 0 Å². The van der Waals surface area contributed by atoms with Crippen molar-refractivity contribution in [2.24, 2.45) is 17.6 Å². The normalized spacial score (nSPS) is 21.4. The van der Waals surface area contributed by atoms with Crippen LogP contribution in [0.15, 0.2) is 0 Å². The Bertz CT molecular complexity index is 291. The second-order valence-electron chi connectivity index (χ2n) is 5.22. The fourth-order valence-corrected chi connectivity index (χ4v) is 2.28. The highest BCUT2D eigenvalue weighted by molar-refractivity contribution is 5.85. The molecular formula is C12H22ClF3N2O. The van der Waals surface area contributed by atoms with Crippen LogP contribution in [-0.2, 0) is 4.79 Å². The monoisotopic (exact) mass is 302 g/mol. The quantitative estimate of drug-likeness (QED) is 0.839. The molecule has 1 amide bonds. The van der Waals surface area contributed by atoms with Gasteiger partial charge in [0.15, 0.2) is 0 Å². The molecule has 0 aromatic rings. The van der Waals surface area contributed by atoms with Gasteiger partial charge in [-0.15, -0.1) is 12.4 Å². The van der Waals surface area contributed by atoms with E-state index in [0.717, 1.165) is 12.8 Å². The molecule has 1 aliphatic carbocycles. The SMILES string of the molecule is CC(N)C(C)C(=O)NC(C1CCCC1)C(F)(F)F.Cl. The molecule has 1 fully saturated rings. The van der Waals surface area contributed by atoms with Crippen molar-refractivity contribution in [1.29, 1.82) is 0 Å². The molecule has 1 aliphatic rings. The minimum Gasteiger partial charge on any atom is -0.344 e. The number of carbonyl (C=O) groups is 1. The van der Waals surface area contributed by atoms with E-state index in [-0.39, 0.29) is 12.4 Å². The summed E-state index contributed by atoms with van der Waals surface area (Å²) in [7, 11) is 0. The van der Waals surface area contributed by atoms with Gasteiger partial charge in [-0.05, 0) is 25.7 Å². The minimum atomic E-state index is -4.39. The number of carbonyl (C=O) groups excluding carboxylic acids is 1. The lowest BCUT2D eigenvalue weighted by atomic mass is 9.95. The van der Waals surface area contributed by atoms with E-state index in [1.54, 1.807) is 13.8 Å². The largest absolute Gasteiger partial charge is 0.408 e. The van der Waals surface area contributed by atoms with Gasteiger partial charge in [-0.25, -0.2) is 0 Å². The molecule has 0 radical (unpaired) electrons. The maximum Gasteiger partial charge on any atom is 0.408 e. The van der Waals surface area contributed by atoms with Crippen LogP contribution in [0, 0.1) is 11.8 Å². The molecule has 0 aromatic heterocycles. The number of hydrogen-bond acceptors (Lipinski definition) is 2. The van der Waals surface area contributed by atoms with E-state index in [2.05, 4.69) is 5.32 Å². The summed E-state index contributed by atoms with van der Waals surface area (Å²) in [5.41, 5.74) is 5.53. The molecule has 114 valence electrons. The van der Waals surface area contributed by atoms with Crippen LogP contribution in [0.2, 0.25) is 0 Å². The van der Waals surface area contributed by atoms with E-state index < -0.39 is 36.0 Å². The van der Waals surface area contributed by atoms with Crippen LogP contribution < -0.4 is 11.1 Å². The number of halogens is 4. The summed E-state index contributed by atoms with van der Waals surface area (Å²) in [6.07, 6.45) is -1.73. The lowest BCUT2D eigenvalue weighted by molar-refractivity contribution is -0.172. The van der Waals surface area contributed by atoms with Crippen molar-refractivity contribution in [1.82, 2.24) is 5.32 Å². The Morgan fingerprint density at radius 2 is 1.74 bits per heavy atom. The third kappa shape index (κ3) is 5.18. The van der Waals surface area contributed by atoms with Crippen molar-refractivity contribution in [2.45, 2.75) is 57.8 Å². The van der Waals surface area contributed by atoms with Crippen LogP contribution in [-0.4, -0.2) is 24.2 Å². The lowest BCUT2D eigenvalue weighted by Crippen LogP contribution is -2.52. The Hall–Kier alpha value is -0.490. The second kappa shape index (κ2) is 7.33. The average Bonchev–Trinajstić information content (AvgIpc) is 2.75. The van der Waals surface area contributed by atoms with Crippen molar-refractivity contribution in [3.8, 4) is 0 Å². The summed E-state index contributed by atoms with van der Waals surface area (Å²) in [5.74, 6) is -1.72. The molecule has 7 heteroatoms. The minimum absolute atomic E-state index is 0. The predicted molar refractivity (Wildman–Crippen MR) is 70.0 cm³/mol. The molecule has 1 saturated carbocycles. The van der Waals surface area contributed by atoms with Crippen LogP contribution in [0.25, 0.3) is 0 Å². The molecule has 19 heavy (non-hydrogen) atoms. The number of nitrogens with one attached hydrogen (secondary N) is 1. The van der Waals surface area contributed by atoms with Gasteiger partial charge in [-0.3, -0.25) is 4.79 Å². The fourth-order valence-electron chi connectivity index (χ4n) is 2.28. The standard InChI is InChI=1S/C12H21F3N2O.ClH/c1-7(8(2)16)11(18)17-10(12(13,14)15)9-5-3-4-6-9;/h7-10H,3-6,16H2,1-2H3,(H,17,18);1H. The van der Waals surface area contributed by atoms with Crippen LogP contribution >= 0.6 is 12.4 Å². The maximum absolute atomic E-state index is 13.0. The van der Waals surface area contributed by atoms with Gasteiger partial charge in [0, 0.05) is 12.0 Å². The first kappa shape index (κ1) is 18.5. The van der Waals surface area contributed by atoms with Crippen LogP contribution in [0.5, 0.6) is 0 Å². The smallest absolute Gasteiger partial charge is 0.344 e. The molecular weight excluding hydrogens is 281 g/mol. The van der Waals surface area contributed by atoms with Gasteiger partial charge in [-0.2, -0.15) is 13.2 Å². The highest BCUT2D eigenvalue weighted by Crippen LogP contribution is 2.35. The van der Waals surface area contributed by atoms with Gasteiger partial charge < -0.3 is 11.1 Å². The molecule has 1 rings (SSSR count). The van der Waals surface area contributed by atoms with Gasteiger partial charge in [0.05, 0.1) is 0 Å².